The number of ether oxygens (including phenoxy) is 1. The number of hydrogen-bond acceptors (Lipinski definition) is 10. The molecule has 2 heterocycles. The van der Waals surface area contributed by atoms with Gasteiger partial charge in [0.25, 0.3) is 0 Å². The van der Waals surface area contributed by atoms with Crippen molar-refractivity contribution in [3.63, 3.8) is 0 Å². The smallest absolute Gasteiger partial charge is 0.464 e. The first kappa shape index (κ1) is 22.7. The first-order valence-corrected chi connectivity index (χ1v) is 10.9. The molecule has 2 unspecified atom stereocenters. The Bertz CT molecular complexity index is 763. The van der Waals surface area contributed by atoms with Gasteiger partial charge in [-0.15, -0.1) is 16.3 Å². The Balaban J connectivity index is 1.81. The zero-order valence-electron chi connectivity index (χ0n) is 15.8. The molecule has 1 aromatic heterocycles. The summed E-state index contributed by atoms with van der Waals surface area (Å²) >= 11 is 1.29. The second-order valence-electron chi connectivity index (χ2n) is 6.76. The Morgan fingerprint density at radius 1 is 1.54 bits per heavy atom. The molecule has 0 amide bonds. The van der Waals surface area contributed by atoms with Crippen molar-refractivity contribution in [2.75, 3.05) is 18.9 Å². The molecule has 5 atom stereocenters. The van der Waals surface area contributed by atoms with E-state index in [1.165, 1.54) is 29.6 Å². The number of thioether (sulfide) groups is 1. The van der Waals surface area contributed by atoms with Crippen molar-refractivity contribution < 1.29 is 23.7 Å². The fourth-order valence-corrected chi connectivity index (χ4v) is 4.67. The van der Waals surface area contributed by atoms with Gasteiger partial charge >= 0.3 is 19.8 Å². The van der Waals surface area contributed by atoms with Crippen LogP contribution in [0.4, 0.5) is 5.95 Å². The van der Waals surface area contributed by atoms with Crippen LogP contribution in [0.15, 0.2) is 11.1 Å². The van der Waals surface area contributed by atoms with Gasteiger partial charge in [-0.3, -0.25) is 9.36 Å². The molecule has 28 heavy (non-hydrogen) atoms. The normalized spacial score (nSPS) is 23.6. The van der Waals surface area contributed by atoms with E-state index < -0.39 is 37.2 Å². The molecule has 0 radical (unpaired) electrons. The van der Waals surface area contributed by atoms with Crippen molar-refractivity contribution >= 4 is 31.9 Å². The highest BCUT2D eigenvalue weighted by atomic mass is 32.2. The van der Waals surface area contributed by atoms with Crippen LogP contribution in [-0.2, 0) is 18.6 Å². The Morgan fingerprint density at radius 2 is 2.25 bits per heavy atom. The minimum absolute atomic E-state index is 0.0249. The molecule has 1 aromatic rings. The maximum absolute atomic E-state index is 12.0. The average molecular weight is 434 g/mol. The van der Waals surface area contributed by atoms with Gasteiger partial charge in [0.2, 0.25) is 5.95 Å². The van der Waals surface area contributed by atoms with Crippen molar-refractivity contribution in [2.24, 2.45) is 5.92 Å². The average Bonchev–Trinajstić information content (AvgIpc) is 2.98. The molecule has 1 fully saturated rings. The first-order valence-electron chi connectivity index (χ1n) is 8.74. The summed E-state index contributed by atoms with van der Waals surface area (Å²) in [5.41, 5.74) is 4.82. The number of nitrogen functional groups attached to an aromatic ring is 1. The summed E-state index contributed by atoms with van der Waals surface area (Å²) < 4.78 is 23.6. The van der Waals surface area contributed by atoms with Crippen LogP contribution < -0.4 is 16.5 Å². The van der Waals surface area contributed by atoms with E-state index in [4.69, 9.17) is 15.0 Å². The lowest BCUT2D eigenvalue weighted by Crippen LogP contribution is -2.32. The predicted molar refractivity (Wildman–Crippen MR) is 104 cm³/mol. The number of aliphatic hydroxyl groups is 1. The van der Waals surface area contributed by atoms with E-state index in [0.29, 0.717) is 0 Å². The highest BCUT2D eigenvalue weighted by Crippen LogP contribution is 2.41. The number of anilines is 1. The standard InChI is InChI=1S/C15H24N5O6PS/c1-8(2)5-25-13(22)9(3)19-27(24)26-6-11-10(21)4-12(28-11)20-7-17-14(16)18-15(20)23/h7-12,21H,4-6H2,1-3H3,(H2-,16,18,19,23,24)/p+1/t9-,10+,11?,12+/m0/s1. The number of aromatic nitrogens is 3. The largest absolute Gasteiger partial charge is 0.613 e. The van der Waals surface area contributed by atoms with Crippen LogP contribution in [0.3, 0.4) is 0 Å². The maximum Gasteiger partial charge on any atom is 0.613 e. The van der Waals surface area contributed by atoms with Crippen LogP contribution >= 0.6 is 19.9 Å². The SMILES string of the molecule is CC(C)COC(=O)[C@H](C)N[P+](=O)OCC1S[C@@H](n2cnc(N)nc2=O)C[C@H]1O. The number of nitrogens with two attached hydrogens (primary N) is 1. The lowest BCUT2D eigenvalue weighted by molar-refractivity contribution is -0.146. The van der Waals surface area contributed by atoms with Gasteiger partial charge in [0.15, 0.2) is 0 Å². The molecule has 0 bridgehead atoms. The van der Waals surface area contributed by atoms with Gasteiger partial charge in [0.05, 0.1) is 23.3 Å². The lowest BCUT2D eigenvalue weighted by atomic mass is 10.2. The van der Waals surface area contributed by atoms with Crippen molar-refractivity contribution in [1.29, 1.82) is 0 Å². The molecule has 0 spiro atoms. The second kappa shape index (κ2) is 10.3. The summed E-state index contributed by atoms with van der Waals surface area (Å²) in [5.74, 6) is -0.429. The minimum atomic E-state index is -2.33. The predicted octanol–water partition coefficient (Wildman–Crippen LogP) is 0.437. The second-order valence-corrected chi connectivity index (χ2v) is 9.22. The molecule has 0 saturated carbocycles. The summed E-state index contributed by atoms with van der Waals surface area (Å²) in [6.45, 7) is 5.61. The third-order valence-corrected chi connectivity index (χ3v) is 6.34. The number of nitrogens with one attached hydrogen (secondary N) is 1. The van der Waals surface area contributed by atoms with Crippen molar-refractivity contribution in [1.82, 2.24) is 19.6 Å². The van der Waals surface area contributed by atoms with Gasteiger partial charge in [0, 0.05) is 6.42 Å². The van der Waals surface area contributed by atoms with Crippen LogP contribution in [0, 0.1) is 5.92 Å². The van der Waals surface area contributed by atoms with E-state index in [1.807, 2.05) is 13.8 Å². The fraction of sp³-hybridized carbons (Fsp3) is 0.733. The number of carbonyl (C=O) groups is 1. The topological polar surface area (TPSA) is 159 Å². The Kier molecular flexibility index (Phi) is 8.32. The summed E-state index contributed by atoms with van der Waals surface area (Å²) in [5, 5.41) is 11.9. The number of rotatable bonds is 9. The van der Waals surface area contributed by atoms with Crippen molar-refractivity contribution in [3.05, 3.63) is 16.8 Å². The summed E-state index contributed by atoms with van der Waals surface area (Å²) in [7, 11) is -2.33. The van der Waals surface area contributed by atoms with E-state index in [9.17, 15) is 19.3 Å². The van der Waals surface area contributed by atoms with E-state index in [2.05, 4.69) is 15.1 Å². The van der Waals surface area contributed by atoms with Crippen LogP contribution in [-0.4, -0.2) is 56.2 Å². The van der Waals surface area contributed by atoms with E-state index in [1.54, 1.807) is 0 Å². The number of nitrogens with zero attached hydrogens (tertiary/aromatic N) is 3. The number of carbonyl (C=O) groups excluding carboxylic acids is 1. The zero-order valence-corrected chi connectivity index (χ0v) is 17.6. The summed E-state index contributed by atoms with van der Waals surface area (Å²) in [6, 6.07) is -0.790. The number of aliphatic hydroxyl groups excluding tert-OH is 1. The summed E-state index contributed by atoms with van der Waals surface area (Å²) in [6.07, 6.45) is 0.801. The van der Waals surface area contributed by atoms with Crippen molar-refractivity contribution in [3.8, 4) is 0 Å². The quantitative estimate of drug-likeness (QED) is 0.365. The van der Waals surface area contributed by atoms with Gasteiger partial charge in [-0.05, 0) is 17.4 Å². The van der Waals surface area contributed by atoms with Crippen LogP contribution in [0.5, 0.6) is 0 Å². The Hall–Kier alpha value is -1.59. The number of hydrogen-bond donors (Lipinski definition) is 3. The Morgan fingerprint density at radius 3 is 2.89 bits per heavy atom. The zero-order chi connectivity index (χ0) is 20.8. The Labute approximate surface area is 167 Å². The maximum atomic E-state index is 12.0. The van der Waals surface area contributed by atoms with Crippen LogP contribution in [0.1, 0.15) is 32.6 Å². The van der Waals surface area contributed by atoms with E-state index in [-0.39, 0.29) is 36.9 Å². The lowest BCUT2D eigenvalue weighted by Gasteiger charge is -2.12. The van der Waals surface area contributed by atoms with Crippen molar-refractivity contribution in [2.45, 2.75) is 50.0 Å². The van der Waals surface area contributed by atoms with Gasteiger partial charge < -0.3 is 15.6 Å². The fourth-order valence-electron chi connectivity index (χ4n) is 2.35. The molecule has 4 N–H and O–H groups in total. The minimum Gasteiger partial charge on any atom is -0.464 e. The van der Waals surface area contributed by atoms with E-state index >= 15 is 0 Å². The third-order valence-electron chi connectivity index (χ3n) is 3.83. The molecular weight excluding hydrogens is 409 g/mol. The molecule has 156 valence electrons. The molecular formula is C15H25N5O6PS+. The van der Waals surface area contributed by atoms with Gasteiger partial charge in [-0.1, -0.05) is 18.9 Å². The summed E-state index contributed by atoms with van der Waals surface area (Å²) in [4.78, 5) is 31.0. The molecule has 13 heteroatoms. The van der Waals surface area contributed by atoms with Crippen LogP contribution in [0.2, 0.25) is 0 Å². The number of esters is 1. The monoisotopic (exact) mass is 434 g/mol. The van der Waals surface area contributed by atoms with Gasteiger partial charge in [0.1, 0.15) is 19.0 Å². The van der Waals surface area contributed by atoms with Gasteiger partial charge in [-0.25, -0.2) is 9.78 Å². The molecule has 11 nitrogen and oxygen atoms in total. The molecule has 2 rings (SSSR count). The molecule has 0 aliphatic carbocycles. The molecule has 0 aromatic carbocycles. The molecule has 1 aliphatic rings. The highest BCUT2D eigenvalue weighted by molar-refractivity contribution is 8.00. The first-order chi connectivity index (χ1) is 13.2. The molecule has 1 aliphatic heterocycles. The third kappa shape index (κ3) is 6.49. The van der Waals surface area contributed by atoms with Crippen LogP contribution in [0.25, 0.3) is 0 Å². The van der Waals surface area contributed by atoms with E-state index in [0.717, 1.165) is 0 Å². The molecule has 1 saturated heterocycles. The highest BCUT2D eigenvalue weighted by Gasteiger charge is 2.38. The van der Waals surface area contributed by atoms with Gasteiger partial charge in [-0.2, -0.15) is 4.98 Å².